The molecule has 0 fully saturated rings. The Kier molecular flexibility index (Phi) is 4.67. The van der Waals surface area contributed by atoms with Gasteiger partial charge in [0.15, 0.2) is 0 Å². The van der Waals surface area contributed by atoms with Crippen molar-refractivity contribution in [3.63, 3.8) is 0 Å². The summed E-state index contributed by atoms with van der Waals surface area (Å²) in [6.45, 7) is 0. The number of hydrogen-bond acceptors (Lipinski definition) is 1. The Bertz CT molecular complexity index is 2290. The molecule has 0 bridgehead atoms. The Morgan fingerprint density at radius 1 is 0.366 bits per heavy atom. The fraction of sp³-hybridized carbons (Fsp3) is 0. The zero-order valence-corrected chi connectivity index (χ0v) is 22.3. The van der Waals surface area contributed by atoms with Crippen LogP contribution in [0.4, 0.5) is 0 Å². The Balaban J connectivity index is 1.41. The second-order valence-electron chi connectivity index (χ2n) is 10.8. The number of fused-ring (bicyclic) bond motifs is 5. The van der Waals surface area contributed by atoms with Gasteiger partial charge in [0.25, 0.3) is 0 Å². The molecular weight excluding hydrogens is 496 g/mol. The number of para-hydroxylation sites is 1. The maximum absolute atomic E-state index is 6.80. The van der Waals surface area contributed by atoms with Crippen molar-refractivity contribution in [3.05, 3.63) is 146 Å². The average molecular weight is 521 g/mol. The number of ether oxygens (including phenoxy) is 1. The summed E-state index contributed by atoms with van der Waals surface area (Å²) in [5.41, 5.74) is 7.21. The molecule has 0 spiro atoms. The first-order valence-electron chi connectivity index (χ1n) is 14.1. The highest BCUT2D eigenvalue weighted by Gasteiger charge is 2.25. The van der Waals surface area contributed by atoms with E-state index in [0.717, 1.165) is 22.6 Å². The van der Waals surface area contributed by atoms with E-state index in [1.807, 2.05) is 0 Å². The van der Waals surface area contributed by atoms with Crippen LogP contribution in [0.2, 0.25) is 0 Å². The van der Waals surface area contributed by atoms with Crippen LogP contribution >= 0.6 is 0 Å². The molecule has 1 nitrogen and oxygen atoms in total. The van der Waals surface area contributed by atoms with Crippen LogP contribution in [0.15, 0.2) is 146 Å². The van der Waals surface area contributed by atoms with Gasteiger partial charge in [-0.2, -0.15) is 0 Å². The molecule has 0 radical (unpaired) electrons. The van der Waals surface area contributed by atoms with Gasteiger partial charge in [-0.05, 0) is 72.6 Å². The molecule has 8 aromatic carbocycles. The second-order valence-corrected chi connectivity index (χ2v) is 10.8. The van der Waals surface area contributed by atoms with Crippen molar-refractivity contribution in [3.8, 4) is 44.9 Å². The van der Waals surface area contributed by atoms with Crippen LogP contribution in [-0.2, 0) is 0 Å². The minimum absolute atomic E-state index is 0.904. The van der Waals surface area contributed by atoms with Crippen molar-refractivity contribution in [2.24, 2.45) is 0 Å². The van der Waals surface area contributed by atoms with Crippen molar-refractivity contribution in [2.45, 2.75) is 0 Å². The fourth-order valence-corrected chi connectivity index (χ4v) is 6.84. The minimum Gasteiger partial charge on any atom is -0.455 e. The van der Waals surface area contributed by atoms with Gasteiger partial charge in [0, 0.05) is 22.1 Å². The van der Waals surface area contributed by atoms with E-state index in [1.165, 1.54) is 65.3 Å². The Hall–Kier alpha value is -5.40. The van der Waals surface area contributed by atoms with E-state index in [4.69, 9.17) is 4.74 Å². The molecule has 1 heterocycles. The SMILES string of the molecule is c1ccc2c(c1)Oc1c(-c3c4ccccc4c(-c4ccc5ccccc5c4)c4ccccc34)ccc3cccc-2c13. The summed E-state index contributed by atoms with van der Waals surface area (Å²) in [4.78, 5) is 0. The van der Waals surface area contributed by atoms with Crippen LogP contribution in [0.5, 0.6) is 11.5 Å². The van der Waals surface area contributed by atoms with Crippen LogP contribution in [0.25, 0.3) is 76.5 Å². The molecule has 0 amide bonds. The van der Waals surface area contributed by atoms with E-state index in [2.05, 4.69) is 146 Å². The summed E-state index contributed by atoms with van der Waals surface area (Å²) in [6.07, 6.45) is 0. The lowest BCUT2D eigenvalue weighted by molar-refractivity contribution is 0.489. The first-order valence-corrected chi connectivity index (χ1v) is 14.1. The largest absolute Gasteiger partial charge is 0.455 e. The van der Waals surface area contributed by atoms with Gasteiger partial charge in [0.1, 0.15) is 11.5 Å². The highest BCUT2D eigenvalue weighted by atomic mass is 16.5. The Labute approximate surface area is 237 Å². The number of rotatable bonds is 2. The molecule has 0 saturated carbocycles. The molecule has 0 aromatic heterocycles. The van der Waals surface area contributed by atoms with E-state index in [0.29, 0.717) is 0 Å². The molecular formula is C40H24O. The van der Waals surface area contributed by atoms with E-state index in [-0.39, 0.29) is 0 Å². The topological polar surface area (TPSA) is 9.23 Å². The minimum atomic E-state index is 0.904. The lowest BCUT2D eigenvalue weighted by Crippen LogP contribution is -1.99. The summed E-state index contributed by atoms with van der Waals surface area (Å²) in [5, 5.41) is 9.81. The number of benzene rings is 8. The normalized spacial score (nSPS) is 12.1. The third-order valence-electron chi connectivity index (χ3n) is 8.63. The maximum atomic E-state index is 6.80. The summed E-state index contributed by atoms with van der Waals surface area (Å²) in [7, 11) is 0. The molecule has 41 heavy (non-hydrogen) atoms. The monoisotopic (exact) mass is 520 g/mol. The lowest BCUT2D eigenvalue weighted by Gasteiger charge is -2.25. The van der Waals surface area contributed by atoms with Crippen LogP contribution in [0, 0.1) is 0 Å². The van der Waals surface area contributed by atoms with Crippen molar-refractivity contribution in [1.82, 2.24) is 0 Å². The quantitative estimate of drug-likeness (QED) is 0.206. The zero-order valence-electron chi connectivity index (χ0n) is 22.3. The van der Waals surface area contributed by atoms with Gasteiger partial charge >= 0.3 is 0 Å². The Morgan fingerprint density at radius 3 is 1.73 bits per heavy atom. The van der Waals surface area contributed by atoms with Crippen molar-refractivity contribution >= 4 is 43.1 Å². The standard InChI is InChI=1S/C40H24O/c1-2-11-27-24-28(21-20-25(27)10-1)37-31-14-3-5-16-33(31)39(34-17-6-4-15-32(34)37)35-23-22-26-12-9-18-30-29-13-7-8-19-36(29)41-40(35)38(26)30/h1-24H. The van der Waals surface area contributed by atoms with Gasteiger partial charge < -0.3 is 4.74 Å². The zero-order chi connectivity index (χ0) is 26.9. The lowest BCUT2D eigenvalue weighted by atomic mass is 9.84. The van der Waals surface area contributed by atoms with Gasteiger partial charge in [-0.3, -0.25) is 0 Å². The molecule has 190 valence electrons. The molecule has 0 unspecified atom stereocenters. The van der Waals surface area contributed by atoms with Gasteiger partial charge in [0.05, 0.1) is 0 Å². The summed E-state index contributed by atoms with van der Waals surface area (Å²) in [5.74, 6) is 1.84. The van der Waals surface area contributed by atoms with Crippen molar-refractivity contribution in [2.75, 3.05) is 0 Å². The predicted octanol–water partition coefficient (Wildman–Crippen LogP) is 11.4. The average Bonchev–Trinajstić information content (AvgIpc) is 3.04. The second kappa shape index (κ2) is 8.55. The molecule has 1 aliphatic heterocycles. The molecule has 0 aliphatic carbocycles. The highest BCUT2D eigenvalue weighted by molar-refractivity contribution is 6.23. The summed E-state index contributed by atoms with van der Waals surface area (Å²) in [6, 6.07) is 52.5. The first kappa shape index (κ1) is 22.4. The smallest absolute Gasteiger partial charge is 0.143 e. The maximum Gasteiger partial charge on any atom is 0.143 e. The van der Waals surface area contributed by atoms with Crippen molar-refractivity contribution < 1.29 is 4.74 Å². The predicted molar refractivity (Wildman–Crippen MR) is 173 cm³/mol. The van der Waals surface area contributed by atoms with E-state index >= 15 is 0 Å². The number of hydrogen-bond donors (Lipinski definition) is 0. The van der Waals surface area contributed by atoms with Crippen molar-refractivity contribution in [1.29, 1.82) is 0 Å². The molecule has 9 rings (SSSR count). The first-order chi connectivity index (χ1) is 20.3. The molecule has 0 N–H and O–H groups in total. The van der Waals surface area contributed by atoms with E-state index < -0.39 is 0 Å². The summed E-state index contributed by atoms with van der Waals surface area (Å²) >= 11 is 0. The third-order valence-corrected chi connectivity index (χ3v) is 8.63. The molecule has 1 heteroatoms. The van der Waals surface area contributed by atoms with Gasteiger partial charge in [0.2, 0.25) is 0 Å². The van der Waals surface area contributed by atoms with Gasteiger partial charge in [-0.15, -0.1) is 0 Å². The summed E-state index contributed by atoms with van der Waals surface area (Å²) < 4.78 is 6.80. The van der Waals surface area contributed by atoms with Crippen LogP contribution in [0.1, 0.15) is 0 Å². The fourth-order valence-electron chi connectivity index (χ4n) is 6.84. The molecule has 8 aromatic rings. The molecule has 0 atom stereocenters. The Morgan fingerprint density at radius 2 is 0.951 bits per heavy atom. The molecule has 0 saturated heterocycles. The highest BCUT2D eigenvalue weighted by Crippen LogP contribution is 2.53. The van der Waals surface area contributed by atoms with E-state index in [1.54, 1.807) is 0 Å². The third kappa shape index (κ3) is 3.24. The van der Waals surface area contributed by atoms with Crippen LogP contribution in [0.3, 0.4) is 0 Å². The molecule has 1 aliphatic rings. The van der Waals surface area contributed by atoms with Gasteiger partial charge in [-0.25, -0.2) is 0 Å². The van der Waals surface area contributed by atoms with Crippen LogP contribution < -0.4 is 4.74 Å². The van der Waals surface area contributed by atoms with Gasteiger partial charge in [-0.1, -0.05) is 127 Å². The van der Waals surface area contributed by atoms with Crippen LogP contribution in [-0.4, -0.2) is 0 Å². The van der Waals surface area contributed by atoms with E-state index in [9.17, 15) is 0 Å².